The van der Waals surface area contributed by atoms with Crippen LogP contribution in [-0.4, -0.2) is 9.97 Å². The third-order valence-corrected chi connectivity index (χ3v) is 6.62. The molecule has 0 amide bonds. The van der Waals surface area contributed by atoms with Crippen LogP contribution in [0.4, 0.5) is 4.39 Å². The molecule has 0 radical (unpaired) electrons. The van der Waals surface area contributed by atoms with Gasteiger partial charge in [0.2, 0.25) is 0 Å². The van der Waals surface area contributed by atoms with Gasteiger partial charge >= 0.3 is 0 Å². The Labute approximate surface area is 155 Å². The summed E-state index contributed by atoms with van der Waals surface area (Å²) in [6, 6.07) is 10.4. The Balaban J connectivity index is 1.64. The quantitative estimate of drug-likeness (QED) is 0.473. The SMILES string of the molecule is Cc1ccc(-c2csc3nc(CSc4ccc(F)cc4)[nH]c(=O)c23)s1. The highest BCUT2D eigenvalue weighted by Crippen LogP contribution is 2.35. The lowest BCUT2D eigenvalue weighted by Crippen LogP contribution is -2.10. The number of halogens is 1. The molecular weight excluding hydrogens is 375 g/mol. The smallest absolute Gasteiger partial charge is 0.260 e. The first-order chi connectivity index (χ1) is 12.1. The number of aromatic nitrogens is 2. The molecule has 0 spiro atoms. The van der Waals surface area contributed by atoms with Crippen molar-refractivity contribution in [1.29, 1.82) is 0 Å². The summed E-state index contributed by atoms with van der Waals surface area (Å²) < 4.78 is 13.0. The second-order valence-electron chi connectivity index (χ2n) is 5.50. The van der Waals surface area contributed by atoms with Crippen molar-refractivity contribution < 1.29 is 4.39 Å². The summed E-state index contributed by atoms with van der Waals surface area (Å²) >= 11 is 4.67. The van der Waals surface area contributed by atoms with E-state index in [4.69, 9.17) is 0 Å². The summed E-state index contributed by atoms with van der Waals surface area (Å²) in [7, 11) is 0. The van der Waals surface area contributed by atoms with Crippen molar-refractivity contribution in [2.24, 2.45) is 0 Å². The number of hydrogen-bond donors (Lipinski definition) is 1. The Morgan fingerprint density at radius 2 is 2.00 bits per heavy atom. The number of aromatic amines is 1. The van der Waals surface area contributed by atoms with Crippen LogP contribution in [0.25, 0.3) is 20.7 Å². The van der Waals surface area contributed by atoms with Gasteiger partial charge < -0.3 is 4.98 Å². The van der Waals surface area contributed by atoms with Gasteiger partial charge in [0, 0.05) is 25.6 Å². The first-order valence-corrected chi connectivity index (χ1v) is 10.2. The molecule has 0 aliphatic carbocycles. The summed E-state index contributed by atoms with van der Waals surface area (Å²) in [6.07, 6.45) is 0. The molecule has 4 rings (SSSR count). The van der Waals surface area contributed by atoms with Gasteiger partial charge in [-0.05, 0) is 43.3 Å². The highest BCUT2D eigenvalue weighted by molar-refractivity contribution is 7.98. The van der Waals surface area contributed by atoms with Crippen LogP contribution >= 0.6 is 34.4 Å². The molecule has 3 heterocycles. The molecule has 1 N–H and O–H groups in total. The summed E-state index contributed by atoms with van der Waals surface area (Å²) in [6.45, 7) is 2.05. The molecular formula is C18H13FN2OS3. The maximum atomic E-state index is 13.0. The van der Waals surface area contributed by atoms with Crippen LogP contribution in [0, 0.1) is 12.7 Å². The van der Waals surface area contributed by atoms with Crippen LogP contribution < -0.4 is 5.56 Å². The van der Waals surface area contributed by atoms with Gasteiger partial charge in [0.05, 0.1) is 11.1 Å². The maximum absolute atomic E-state index is 13.0. The Hall–Kier alpha value is -1.96. The average Bonchev–Trinajstić information content (AvgIpc) is 3.20. The van der Waals surface area contributed by atoms with Crippen LogP contribution in [0.15, 0.2) is 51.5 Å². The maximum Gasteiger partial charge on any atom is 0.260 e. The lowest BCUT2D eigenvalue weighted by atomic mass is 10.2. The normalized spacial score (nSPS) is 11.3. The third kappa shape index (κ3) is 3.40. The number of aryl methyl sites for hydroxylation is 1. The molecule has 3 aromatic heterocycles. The molecule has 0 atom stereocenters. The Morgan fingerprint density at radius 1 is 1.20 bits per heavy atom. The van der Waals surface area contributed by atoms with Crippen molar-refractivity contribution in [3.05, 3.63) is 68.7 Å². The minimum atomic E-state index is -0.257. The largest absolute Gasteiger partial charge is 0.309 e. The Kier molecular flexibility index (Phi) is 4.45. The number of rotatable bonds is 4. The summed E-state index contributed by atoms with van der Waals surface area (Å²) in [4.78, 5) is 24.0. The molecule has 0 unspecified atom stereocenters. The lowest BCUT2D eigenvalue weighted by Gasteiger charge is -2.02. The van der Waals surface area contributed by atoms with E-state index >= 15 is 0 Å². The zero-order valence-electron chi connectivity index (χ0n) is 13.2. The molecule has 1 aromatic carbocycles. The van der Waals surface area contributed by atoms with Gasteiger partial charge in [0.15, 0.2) is 0 Å². The van der Waals surface area contributed by atoms with E-state index in [1.165, 1.54) is 40.1 Å². The number of thioether (sulfide) groups is 1. The fourth-order valence-electron chi connectivity index (χ4n) is 2.50. The fourth-order valence-corrected chi connectivity index (χ4v) is 5.20. The highest BCUT2D eigenvalue weighted by Gasteiger charge is 2.14. The number of benzene rings is 1. The van der Waals surface area contributed by atoms with E-state index < -0.39 is 0 Å². The fraction of sp³-hybridized carbons (Fsp3) is 0.111. The summed E-state index contributed by atoms with van der Waals surface area (Å²) in [5.41, 5.74) is 0.839. The lowest BCUT2D eigenvalue weighted by molar-refractivity contribution is 0.626. The molecule has 4 aromatic rings. The standard InChI is InChI=1S/C18H13FN2OS3/c1-10-2-7-14(25-10)13-8-24-18-16(13)17(22)20-15(21-18)9-23-12-5-3-11(19)4-6-12/h2-8H,9H2,1H3,(H,20,21,22). The zero-order valence-corrected chi connectivity index (χ0v) is 15.7. The second kappa shape index (κ2) is 6.74. The van der Waals surface area contributed by atoms with E-state index in [9.17, 15) is 9.18 Å². The highest BCUT2D eigenvalue weighted by atomic mass is 32.2. The predicted molar refractivity (Wildman–Crippen MR) is 104 cm³/mol. The molecule has 0 aliphatic rings. The van der Waals surface area contributed by atoms with Crippen LogP contribution in [-0.2, 0) is 5.75 Å². The zero-order chi connectivity index (χ0) is 17.4. The molecule has 3 nitrogen and oxygen atoms in total. The Morgan fingerprint density at radius 3 is 2.72 bits per heavy atom. The molecule has 0 bridgehead atoms. The van der Waals surface area contributed by atoms with Gasteiger partial charge in [-0.1, -0.05) is 0 Å². The van der Waals surface area contributed by atoms with Gasteiger partial charge in [-0.25, -0.2) is 9.37 Å². The first kappa shape index (κ1) is 16.5. The number of hydrogen-bond acceptors (Lipinski definition) is 5. The van der Waals surface area contributed by atoms with Crippen molar-refractivity contribution in [3.63, 3.8) is 0 Å². The molecule has 126 valence electrons. The number of H-pyrrole nitrogens is 1. The number of thiophene rings is 2. The minimum absolute atomic E-state index is 0.109. The van der Waals surface area contributed by atoms with Gasteiger partial charge in [-0.15, -0.1) is 34.4 Å². The van der Waals surface area contributed by atoms with Gasteiger partial charge in [-0.3, -0.25) is 4.79 Å². The Bertz CT molecular complexity index is 1100. The molecule has 0 saturated heterocycles. The minimum Gasteiger partial charge on any atom is -0.309 e. The van der Waals surface area contributed by atoms with Crippen molar-refractivity contribution in [1.82, 2.24) is 9.97 Å². The van der Waals surface area contributed by atoms with Crippen LogP contribution in [0.1, 0.15) is 10.7 Å². The monoisotopic (exact) mass is 388 g/mol. The van der Waals surface area contributed by atoms with E-state index in [1.807, 2.05) is 11.4 Å². The molecule has 25 heavy (non-hydrogen) atoms. The van der Waals surface area contributed by atoms with E-state index in [0.29, 0.717) is 17.0 Å². The average molecular weight is 389 g/mol. The van der Waals surface area contributed by atoms with Crippen molar-refractivity contribution in [3.8, 4) is 10.4 Å². The number of fused-ring (bicyclic) bond motifs is 1. The van der Waals surface area contributed by atoms with Crippen LogP contribution in [0.3, 0.4) is 0 Å². The van der Waals surface area contributed by atoms with Gasteiger partial charge in [-0.2, -0.15) is 0 Å². The summed E-state index contributed by atoms with van der Waals surface area (Å²) in [5.74, 6) is 0.900. The summed E-state index contributed by atoms with van der Waals surface area (Å²) in [5, 5.41) is 2.65. The van der Waals surface area contributed by atoms with Crippen molar-refractivity contribution >= 4 is 44.7 Å². The molecule has 0 aliphatic heterocycles. The van der Waals surface area contributed by atoms with E-state index in [1.54, 1.807) is 23.5 Å². The number of nitrogens with zero attached hydrogens (tertiary/aromatic N) is 1. The molecule has 0 saturated carbocycles. The van der Waals surface area contributed by atoms with E-state index in [0.717, 1.165) is 20.2 Å². The van der Waals surface area contributed by atoms with Crippen molar-refractivity contribution in [2.45, 2.75) is 17.6 Å². The second-order valence-corrected chi connectivity index (χ2v) is 8.69. The third-order valence-electron chi connectivity index (χ3n) is 3.69. The first-order valence-electron chi connectivity index (χ1n) is 7.56. The van der Waals surface area contributed by atoms with E-state index in [2.05, 4.69) is 23.0 Å². The topological polar surface area (TPSA) is 45.8 Å². The number of nitrogens with one attached hydrogen (secondary N) is 1. The van der Waals surface area contributed by atoms with Crippen molar-refractivity contribution in [2.75, 3.05) is 0 Å². The van der Waals surface area contributed by atoms with Crippen LogP contribution in [0.5, 0.6) is 0 Å². The molecule has 0 fully saturated rings. The molecule has 7 heteroatoms. The van der Waals surface area contributed by atoms with Gasteiger partial charge in [0.1, 0.15) is 16.5 Å². The van der Waals surface area contributed by atoms with Gasteiger partial charge in [0.25, 0.3) is 5.56 Å². The van der Waals surface area contributed by atoms with E-state index in [-0.39, 0.29) is 11.4 Å². The van der Waals surface area contributed by atoms with Crippen LogP contribution in [0.2, 0.25) is 0 Å². The predicted octanol–water partition coefficient (Wildman–Crippen LogP) is 5.45.